The fourth-order valence-corrected chi connectivity index (χ4v) is 2.65. The summed E-state index contributed by atoms with van der Waals surface area (Å²) in [7, 11) is 1.61. The number of methoxy groups -OCH3 is 1. The first-order valence-corrected chi connectivity index (χ1v) is 6.95. The summed E-state index contributed by atoms with van der Waals surface area (Å²) < 4.78 is 6.21. The quantitative estimate of drug-likeness (QED) is 0.913. The number of aliphatic hydroxyl groups is 1. The summed E-state index contributed by atoms with van der Waals surface area (Å²) in [5, 5.41) is 10.9. The first-order valence-electron chi connectivity index (χ1n) is 6.15. The van der Waals surface area contributed by atoms with Crippen LogP contribution in [-0.2, 0) is 16.8 Å². The molecule has 2 aromatic rings. The van der Waals surface area contributed by atoms with E-state index >= 15 is 0 Å². The van der Waals surface area contributed by atoms with Gasteiger partial charge in [-0.2, -0.15) is 0 Å². The number of benzene rings is 2. The molecule has 2 rings (SSSR count). The van der Waals surface area contributed by atoms with Crippen molar-refractivity contribution in [1.29, 1.82) is 0 Å². The molecule has 2 aromatic carbocycles. The fourth-order valence-electron chi connectivity index (χ4n) is 2.21. The SMILES string of the molecule is COCC(O)(Cc1cccc(Br)c1)c1ccccc1. The van der Waals surface area contributed by atoms with Gasteiger partial charge in [0.05, 0.1) is 6.61 Å². The molecule has 0 bridgehead atoms. The maximum Gasteiger partial charge on any atom is 0.117 e. The molecule has 3 heteroatoms. The van der Waals surface area contributed by atoms with Gasteiger partial charge in [0.25, 0.3) is 0 Å². The van der Waals surface area contributed by atoms with E-state index in [4.69, 9.17) is 4.74 Å². The van der Waals surface area contributed by atoms with Gasteiger partial charge in [0, 0.05) is 18.0 Å². The lowest BCUT2D eigenvalue weighted by atomic mass is 9.88. The zero-order valence-corrected chi connectivity index (χ0v) is 12.4. The van der Waals surface area contributed by atoms with Crippen LogP contribution in [-0.4, -0.2) is 18.8 Å². The van der Waals surface area contributed by atoms with Gasteiger partial charge in [0.15, 0.2) is 0 Å². The van der Waals surface area contributed by atoms with Crippen molar-refractivity contribution in [3.8, 4) is 0 Å². The highest BCUT2D eigenvalue weighted by Gasteiger charge is 2.29. The van der Waals surface area contributed by atoms with Gasteiger partial charge in [-0.25, -0.2) is 0 Å². The smallest absolute Gasteiger partial charge is 0.117 e. The standard InChI is InChI=1S/C16H17BrO2/c1-19-12-16(18,14-7-3-2-4-8-14)11-13-6-5-9-15(17)10-13/h2-10,18H,11-12H2,1H3. The minimum absolute atomic E-state index is 0.267. The van der Waals surface area contributed by atoms with Crippen LogP contribution in [0.25, 0.3) is 0 Å². The first-order chi connectivity index (χ1) is 9.14. The Morgan fingerprint density at radius 2 is 1.84 bits per heavy atom. The van der Waals surface area contributed by atoms with Crippen LogP contribution in [0, 0.1) is 0 Å². The summed E-state index contributed by atoms with van der Waals surface area (Å²) in [5.74, 6) is 0. The second-order valence-corrected chi connectivity index (χ2v) is 5.55. The largest absolute Gasteiger partial charge is 0.382 e. The Bertz CT molecular complexity index is 527. The Kier molecular flexibility index (Phi) is 4.75. The molecule has 2 nitrogen and oxygen atoms in total. The van der Waals surface area contributed by atoms with Gasteiger partial charge in [-0.1, -0.05) is 58.4 Å². The van der Waals surface area contributed by atoms with Crippen molar-refractivity contribution < 1.29 is 9.84 Å². The summed E-state index contributed by atoms with van der Waals surface area (Å²) in [6.45, 7) is 0.267. The zero-order valence-electron chi connectivity index (χ0n) is 10.8. The molecule has 0 heterocycles. The van der Waals surface area contributed by atoms with E-state index in [-0.39, 0.29) is 6.61 Å². The molecule has 0 amide bonds. The van der Waals surface area contributed by atoms with E-state index in [1.807, 2.05) is 54.6 Å². The molecule has 1 N–H and O–H groups in total. The number of halogens is 1. The average Bonchev–Trinajstić information content (AvgIpc) is 2.40. The summed E-state index contributed by atoms with van der Waals surface area (Å²) in [5.41, 5.74) is 0.936. The molecule has 0 aliphatic carbocycles. The highest BCUT2D eigenvalue weighted by atomic mass is 79.9. The van der Waals surface area contributed by atoms with Gasteiger partial charge in [-0.15, -0.1) is 0 Å². The monoisotopic (exact) mass is 320 g/mol. The third-order valence-electron chi connectivity index (χ3n) is 3.08. The molecule has 0 radical (unpaired) electrons. The Labute approximate surface area is 122 Å². The zero-order chi connectivity index (χ0) is 13.7. The van der Waals surface area contributed by atoms with Crippen molar-refractivity contribution in [1.82, 2.24) is 0 Å². The molecular formula is C16H17BrO2. The fraction of sp³-hybridized carbons (Fsp3) is 0.250. The van der Waals surface area contributed by atoms with Crippen molar-refractivity contribution in [2.45, 2.75) is 12.0 Å². The van der Waals surface area contributed by atoms with Crippen LogP contribution in [0.15, 0.2) is 59.1 Å². The minimum atomic E-state index is -1.00. The van der Waals surface area contributed by atoms with Gasteiger partial charge in [0.2, 0.25) is 0 Å². The molecule has 0 aromatic heterocycles. The van der Waals surface area contributed by atoms with Gasteiger partial charge in [0.1, 0.15) is 5.60 Å². The molecule has 0 aliphatic heterocycles. The van der Waals surface area contributed by atoms with E-state index in [9.17, 15) is 5.11 Å². The predicted octanol–water partition coefficient (Wildman–Crippen LogP) is 3.53. The highest BCUT2D eigenvalue weighted by molar-refractivity contribution is 9.10. The molecular weight excluding hydrogens is 304 g/mol. The minimum Gasteiger partial charge on any atom is -0.382 e. The van der Waals surface area contributed by atoms with E-state index in [1.54, 1.807) is 7.11 Å². The molecule has 0 saturated heterocycles. The van der Waals surface area contributed by atoms with Crippen LogP contribution in [0.5, 0.6) is 0 Å². The lowest BCUT2D eigenvalue weighted by molar-refractivity contribution is -0.0355. The topological polar surface area (TPSA) is 29.5 Å². The molecule has 100 valence electrons. The Morgan fingerprint density at radius 1 is 1.11 bits per heavy atom. The van der Waals surface area contributed by atoms with Gasteiger partial charge in [-0.05, 0) is 23.3 Å². The van der Waals surface area contributed by atoms with E-state index in [0.29, 0.717) is 6.42 Å². The number of hydrogen-bond donors (Lipinski definition) is 1. The highest BCUT2D eigenvalue weighted by Crippen LogP contribution is 2.27. The second kappa shape index (κ2) is 6.33. The van der Waals surface area contributed by atoms with Crippen LogP contribution >= 0.6 is 15.9 Å². The molecule has 19 heavy (non-hydrogen) atoms. The lowest BCUT2D eigenvalue weighted by Gasteiger charge is -2.28. The third kappa shape index (κ3) is 3.66. The summed E-state index contributed by atoms with van der Waals surface area (Å²) >= 11 is 3.45. The number of hydrogen-bond acceptors (Lipinski definition) is 2. The number of rotatable bonds is 5. The van der Waals surface area contributed by atoms with Gasteiger partial charge >= 0.3 is 0 Å². The van der Waals surface area contributed by atoms with Gasteiger partial charge in [-0.3, -0.25) is 0 Å². The van der Waals surface area contributed by atoms with Crippen LogP contribution in [0.4, 0.5) is 0 Å². The first kappa shape index (κ1) is 14.3. The molecule has 1 atom stereocenters. The maximum atomic E-state index is 10.9. The van der Waals surface area contributed by atoms with Crippen molar-refractivity contribution in [3.63, 3.8) is 0 Å². The van der Waals surface area contributed by atoms with Crippen molar-refractivity contribution in [2.24, 2.45) is 0 Å². The summed E-state index contributed by atoms with van der Waals surface area (Å²) in [6, 6.07) is 17.6. The molecule has 0 fully saturated rings. The summed E-state index contributed by atoms with van der Waals surface area (Å²) in [6.07, 6.45) is 0.518. The van der Waals surface area contributed by atoms with Crippen LogP contribution < -0.4 is 0 Å². The second-order valence-electron chi connectivity index (χ2n) is 4.64. The van der Waals surface area contributed by atoms with Crippen LogP contribution in [0.1, 0.15) is 11.1 Å². The molecule has 0 aliphatic rings. The Morgan fingerprint density at radius 3 is 2.47 bits per heavy atom. The molecule has 1 unspecified atom stereocenters. The number of ether oxygens (including phenoxy) is 1. The predicted molar refractivity (Wildman–Crippen MR) is 80.1 cm³/mol. The van der Waals surface area contributed by atoms with Crippen molar-refractivity contribution >= 4 is 15.9 Å². The normalized spacial score (nSPS) is 14.1. The van der Waals surface area contributed by atoms with Crippen molar-refractivity contribution in [2.75, 3.05) is 13.7 Å². The van der Waals surface area contributed by atoms with Gasteiger partial charge < -0.3 is 9.84 Å². The molecule has 0 spiro atoms. The summed E-state index contributed by atoms with van der Waals surface area (Å²) in [4.78, 5) is 0. The van der Waals surface area contributed by atoms with E-state index < -0.39 is 5.60 Å². The Balaban J connectivity index is 2.30. The maximum absolute atomic E-state index is 10.9. The third-order valence-corrected chi connectivity index (χ3v) is 3.57. The lowest BCUT2D eigenvalue weighted by Crippen LogP contribution is -2.33. The van der Waals surface area contributed by atoms with Crippen LogP contribution in [0.2, 0.25) is 0 Å². The van der Waals surface area contributed by atoms with Crippen LogP contribution in [0.3, 0.4) is 0 Å². The van der Waals surface area contributed by atoms with E-state index in [1.165, 1.54) is 0 Å². The van der Waals surface area contributed by atoms with E-state index in [0.717, 1.165) is 15.6 Å². The average molecular weight is 321 g/mol. The van der Waals surface area contributed by atoms with Crippen molar-refractivity contribution in [3.05, 3.63) is 70.2 Å². The Hall–Kier alpha value is -1.16. The van der Waals surface area contributed by atoms with E-state index in [2.05, 4.69) is 15.9 Å². The molecule has 0 saturated carbocycles.